The summed E-state index contributed by atoms with van der Waals surface area (Å²) in [5.74, 6) is 0.00719. The number of aromatic hydroxyl groups is 1. The van der Waals surface area contributed by atoms with Crippen molar-refractivity contribution in [2.45, 2.75) is 38.9 Å². The van der Waals surface area contributed by atoms with Gasteiger partial charge in [0.1, 0.15) is 5.75 Å². The van der Waals surface area contributed by atoms with Crippen molar-refractivity contribution >= 4 is 11.9 Å². The fraction of sp³-hybridized carbons (Fsp3) is 0.484. The Labute approximate surface area is 232 Å². The van der Waals surface area contributed by atoms with Crippen molar-refractivity contribution < 1.29 is 19.4 Å². The normalized spacial score (nSPS) is 21.9. The molecule has 2 aromatic rings. The van der Waals surface area contributed by atoms with Crippen molar-refractivity contribution in [3.63, 3.8) is 0 Å². The lowest BCUT2D eigenvalue weighted by Gasteiger charge is -2.47. The number of hydrogen-bond donors (Lipinski definition) is 1. The van der Waals surface area contributed by atoms with Crippen molar-refractivity contribution in [2.24, 2.45) is 0 Å². The summed E-state index contributed by atoms with van der Waals surface area (Å²) in [5.41, 5.74) is 2.69. The highest BCUT2D eigenvalue weighted by molar-refractivity contribution is 5.94. The van der Waals surface area contributed by atoms with E-state index in [1.807, 2.05) is 46.2 Å². The third-order valence-electron chi connectivity index (χ3n) is 7.81. The molecule has 39 heavy (non-hydrogen) atoms. The van der Waals surface area contributed by atoms with Gasteiger partial charge in [0.25, 0.3) is 5.91 Å². The lowest BCUT2D eigenvalue weighted by Crippen LogP contribution is -2.57. The van der Waals surface area contributed by atoms with E-state index in [-0.39, 0.29) is 36.3 Å². The topological polar surface area (TPSA) is 76.6 Å². The third kappa shape index (κ3) is 7.06. The molecule has 0 spiro atoms. The standard InChI is InChI=1S/C31H42N4O4/c1-5-13-34-20-24(4)35(21-23(34)3)30(26-10-8-12-28(36)19-26)25-9-7-11-27(18-25)31(38)33-16-14-32(15-17-33)22-29(37)39-6-2/h5,7-12,18-19,23-24,30,36H,1,6,13-17,20-22H2,2-4H3/t23-,24+,30?/m1/s1. The first-order valence-electron chi connectivity index (χ1n) is 14.0. The van der Waals surface area contributed by atoms with Crippen LogP contribution in [0, 0.1) is 0 Å². The van der Waals surface area contributed by atoms with Crippen LogP contribution in [0.25, 0.3) is 0 Å². The van der Waals surface area contributed by atoms with Crippen molar-refractivity contribution in [1.29, 1.82) is 0 Å². The molecular weight excluding hydrogens is 492 g/mol. The fourth-order valence-electron chi connectivity index (χ4n) is 5.80. The number of phenols is 1. The number of phenolic OH excluding ortho intramolecular Hbond substituents is 1. The minimum atomic E-state index is -0.225. The highest BCUT2D eigenvalue weighted by Crippen LogP contribution is 2.35. The van der Waals surface area contributed by atoms with Gasteiger partial charge in [-0.2, -0.15) is 0 Å². The molecule has 1 amide bonds. The molecule has 2 saturated heterocycles. The number of hydrogen-bond acceptors (Lipinski definition) is 7. The van der Waals surface area contributed by atoms with Gasteiger partial charge in [-0.3, -0.25) is 24.3 Å². The number of rotatable bonds is 9. The number of carbonyl (C=O) groups is 2. The molecule has 8 heteroatoms. The largest absolute Gasteiger partial charge is 0.508 e. The number of ether oxygens (including phenoxy) is 1. The predicted molar refractivity (Wildman–Crippen MR) is 153 cm³/mol. The molecule has 2 aromatic carbocycles. The maximum Gasteiger partial charge on any atom is 0.320 e. The van der Waals surface area contributed by atoms with Crippen LogP contribution in [0.2, 0.25) is 0 Å². The Balaban J connectivity index is 1.55. The van der Waals surface area contributed by atoms with E-state index >= 15 is 0 Å². The van der Waals surface area contributed by atoms with E-state index in [1.54, 1.807) is 13.0 Å². The summed E-state index contributed by atoms with van der Waals surface area (Å²) in [4.78, 5) is 34.2. The molecule has 2 fully saturated rings. The summed E-state index contributed by atoms with van der Waals surface area (Å²) < 4.78 is 5.06. The first-order chi connectivity index (χ1) is 18.8. The van der Waals surface area contributed by atoms with Crippen molar-refractivity contribution in [2.75, 3.05) is 59.0 Å². The maximum absolute atomic E-state index is 13.6. The van der Waals surface area contributed by atoms with Crippen molar-refractivity contribution in [1.82, 2.24) is 19.6 Å². The van der Waals surface area contributed by atoms with E-state index in [0.29, 0.717) is 44.4 Å². The highest BCUT2D eigenvalue weighted by atomic mass is 16.5. The molecule has 2 heterocycles. The Morgan fingerprint density at radius 3 is 2.38 bits per heavy atom. The Bertz CT molecular complexity index is 1150. The Hall–Kier alpha value is -3.20. The van der Waals surface area contributed by atoms with Gasteiger partial charge in [-0.15, -0.1) is 6.58 Å². The van der Waals surface area contributed by atoms with Gasteiger partial charge in [-0.1, -0.05) is 30.3 Å². The van der Waals surface area contributed by atoms with Gasteiger partial charge >= 0.3 is 5.97 Å². The molecule has 0 radical (unpaired) electrons. The van der Waals surface area contributed by atoms with Crippen LogP contribution >= 0.6 is 0 Å². The Kier molecular flexibility index (Phi) is 9.78. The van der Waals surface area contributed by atoms with Crippen LogP contribution in [-0.2, 0) is 9.53 Å². The molecule has 0 saturated carbocycles. The number of piperazine rings is 2. The first kappa shape index (κ1) is 28.8. The van der Waals surface area contributed by atoms with E-state index < -0.39 is 0 Å². The van der Waals surface area contributed by atoms with Crippen LogP contribution in [0.4, 0.5) is 0 Å². The molecule has 2 aliphatic rings. The van der Waals surface area contributed by atoms with E-state index in [2.05, 4.69) is 42.4 Å². The average molecular weight is 535 g/mol. The minimum absolute atomic E-state index is 0.000451. The van der Waals surface area contributed by atoms with Crippen LogP contribution in [-0.4, -0.2) is 108 Å². The molecule has 1 unspecified atom stereocenters. The zero-order valence-electron chi connectivity index (χ0n) is 23.5. The fourth-order valence-corrected chi connectivity index (χ4v) is 5.80. The molecular formula is C31H42N4O4. The van der Waals surface area contributed by atoms with Gasteiger partial charge in [-0.05, 0) is 56.2 Å². The molecule has 210 valence electrons. The van der Waals surface area contributed by atoms with E-state index in [1.165, 1.54) is 0 Å². The van der Waals surface area contributed by atoms with Crippen LogP contribution in [0.1, 0.15) is 48.3 Å². The Morgan fingerprint density at radius 1 is 1.03 bits per heavy atom. The number of amides is 1. The summed E-state index contributed by atoms with van der Waals surface area (Å²) >= 11 is 0. The van der Waals surface area contributed by atoms with Gasteiger partial charge in [-0.25, -0.2) is 0 Å². The second kappa shape index (κ2) is 13.2. The summed E-state index contributed by atoms with van der Waals surface area (Å²) in [6, 6.07) is 15.9. The Morgan fingerprint density at radius 2 is 1.72 bits per heavy atom. The van der Waals surface area contributed by atoms with Crippen LogP contribution in [0.5, 0.6) is 5.75 Å². The second-order valence-corrected chi connectivity index (χ2v) is 10.6. The van der Waals surface area contributed by atoms with E-state index in [0.717, 1.165) is 30.8 Å². The second-order valence-electron chi connectivity index (χ2n) is 10.6. The molecule has 0 aliphatic carbocycles. The lowest BCUT2D eigenvalue weighted by molar-refractivity contribution is -0.144. The highest BCUT2D eigenvalue weighted by Gasteiger charge is 2.35. The molecule has 0 aromatic heterocycles. The third-order valence-corrected chi connectivity index (χ3v) is 7.81. The zero-order valence-corrected chi connectivity index (χ0v) is 23.5. The number of carbonyl (C=O) groups excluding carboxylic acids is 2. The van der Waals surface area contributed by atoms with Gasteiger partial charge in [0.2, 0.25) is 0 Å². The summed E-state index contributed by atoms with van der Waals surface area (Å²) in [5, 5.41) is 10.3. The van der Waals surface area contributed by atoms with Gasteiger partial charge < -0.3 is 14.7 Å². The SMILES string of the molecule is C=CCN1C[C@H](C)N(C(c2cccc(O)c2)c2cccc(C(=O)N3CCN(CC(=O)OCC)CC3)c2)C[C@H]1C. The molecule has 0 bridgehead atoms. The summed E-state index contributed by atoms with van der Waals surface area (Å²) in [6.45, 7) is 15.9. The summed E-state index contributed by atoms with van der Waals surface area (Å²) in [6.07, 6.45) is 1.96. The van der Waals surface area contributed by atoms with Crippen LogP contribution in [0.15, 0.2) is 61.2 Å². The average Bonchev–Trinajstić information content (AvgIpc) is 2.92. The molecule has 4 rings (SSSR count). The predicted octanol–water partition coefficient (Wildman–Crippen LogP) is 3.38. The first-order valence-corrected chi connectivity index (χ1v) is 14.0. The molecule has 3 atom stereocenters. The van der Waals surface area contributed by atoms with E-state index in [4.69, 9.17) is 4.74 Å². The van der Waals surface area contributed by atoms with Crippen LogP contribution < -0.4 is 0 Å². The molecule has 8 nitrogen and oxygen atoms in total. The van der Waals surface area contributed by atoms with Gasteiger partial charge in [0, 0.05) is 63.5 Å². The smallest absolute Gasteiger partial charge is 0.320 e. The maximum atomic E-state index is 13.6. The number of esters is 1. The van der Waals surface area contributed by atoms with E-state index in [9.17, 15) is 14.7 Å². The summed E-state index contributed by atoms with van der Waals surface area (Å²) in [7, 11) is 0. The molecule has 2 aliphatic heterocycles. The van der Waals surface area contributed by atoms with Gasteiger partial charge in [0.05, 0.1) is 19.2 Å². The zero-order chi connectivity index (χ0) is 27.9. The van der Waals surface area contributed by atoms with Crippen molar-refractivity contribution in [3.8, 4) is 5.75 Å². The van der Waals surface area contributed by atoms with Gasteiger partial charge in [0.15, 0.2) is 0 Å². The number of benzene rings is 2. The quantitative estimate of drug-likeness (QED) is 0.390. The number of nitrogens with zero attached hydrogens (tertiary/aromatic N) is 4. The lowest BCUT2D eigenvalue weighted by atomic mass is 9.92. The minimum Gasteiger partial charge on any atom is -0.508 e. The van der Waals surface area contributed by atoms with Crippen LogP contribution in [0.3, 0.4) is 0 Å². The molecule has 1 N–H and O–H groups in total. The van der Waals surface area contributed by atoms with Crippen molar-refractivity contribution in [3.05, 3.63) is 77.9 Å². The monoisotopic (exact) mass is 534 g/mol.